The number of carbonyl (C=O) groups excluding carboxylic acids is 1. The first kappa shape index (κ1) is 21.7. The molecule has 2 fully saturated rings. The highest BCUT2D eigenvalue weighted by Crippen LogP contribution is 2.40. The van der Waals surface area contributed by atoms with E-state index < -0.39 is 24.5 Å². The van der Waals surface area contributed by atoms with Gasteiger partial charge in [0.05, 0.1) is 6.20 Å². The van der Waals surface area contributed by atoms with Crippen molar-refractivity contribution in [1.29, 1.82) is 0 Å². The lowest BCUT2D eigenvalue weighted by atomic mass is 9.85. The fourth-order valence-electron chi connectivity index (χ4n) is 4.18. The van der Waals surface area contributed by atoms with E-state index in [4.69, 9.17) is 0 Å². The lowest BCUT2D eigenvalue weighted by Crippen LogP contribution is -2.54. The number of likely N-dealkylation sites (tertiary alicyclic amines) is 2. The SMILES string of the molecule is Cn1cc(CN2CCCC23CCN(C(=O)OC(C(F)(F)F)C(F)(F)F)CC3)cn1. The molecular formula is C17H22F6N4O2. The zero-order chi connectivity index (χ0) is 21.4. The van der Waals surface area contributed by atoms with E-state index >= 15 is 0 Å². The Labute approximate surface area is 163 Å². The fraction of sp³-hybridized carbons (Fsp3) is 0.765. The van der Waals surface area contributed by atoms with Gasteiger partial charge < -0.3 is 9.64 Å². The highest BCUT2D eigenvalue weighted by atomic mass is 19.4. The van der Waals surface area contributed by atoms with E-state index in [-0.39, 0.29) is 18.6 Å². The van der Waals surface area contributed by atoms with E-state index in [0.717, 1.165) is 29.8 Å². The number of carbonyl (C=O) groups is 1. The summed E-state index contributed by atoms with van der Waals surface area (Å²) >= 11 is 0. The number of rotatable bonds is 3. The summed E-state index contributed by atoms with van der Waals surface area (Å²) in [5.74, 6) is 0. The van der Waals surface area contributed by atoms with Gasteiger partial charge in [-0.25, -0.2) is 4.79 Å². The molecule has 0 aliphatic carbocycles. The Kier molecular flexibility index (Phi) is 5.76. The van der Waals surface area contributed by atoms with Crippen LogP contribution in [-0.2, 0) is 18.3 Å². The molecule has 6 nitrogen and oxygen atoms in total. The highest BCUT2D eigenvalue weighted by molar-refractivity contribution is 5.68. The zero-order valence-electron chi connectivity index (χ0n) is 15.8. The molecule has 1 aromatic heterocycles. The number of ether oxygens (including phenoxy) is 1. The summed E-state index contributed by atoms with van der Waals surface area (Å²) in [5, 5.41) is 4.13. The predicted molar refractivity (Wildman–Crippen MR) is 88.8 cm³/mol. The van der Waals surface area contributed by atoms with Crippen molar-refractivity contribution in [2.24, 2.45) is 7.05 Å². The van der Waals surface area contributed by atoms with Gasteiger partial charge in [-0.1, -0.05) is 0 Å². The Hall–Kier alpha value is -1.98. The Morgan fingerprint density at radius 3 is 2.28 bits per heavy atom. The van der Waals surface area contributed by atoms with Gasteiger partial charge in [-0.2, -0.15) is 31.4 Å². The van der Waals surface area contributed by atoms with E-state index in [2.05, 4.69) is 14.7 Å². The monoisotopic (exact) mass is 428 g/mol. The van der Waals surface area contributed by atoms with Crippen LogP contribution in [0.1, 0.15) is 31.2 Å². The van der Waals surface area contributed by atoms with Crippen molar-refractivity contribution in [3.63, 3.8) is 0 Å². The van der Waals surface area contributed by atoms with Crippen LogP contribution in [-0.4, -0.2) is 69.3 Å². The molecular weight excluding hydrogens is 406 g/mol. The first-order valence-electron chi connectivity index (χ1n) is 9.22. The molecule has 0 N–H and O–H groups in total. The Morgan fingerprint density at radius 1 is 1.14 bits per heavy atom. The van der Waals surface area contributed by atoms with Crippen molar-refractivity contribution >= 4 is 6.09 Å². The largest absolute Gasteiger partial charge is 0.434 e. The summed E-state index contributed by atoms with van der Waals surface area (Å²) < 4.78 is 81.2. The second-order valence-corrected chi connectivity index (χ2v) is 7.61. The number of hydrogen-bond acceptors (Lipinski definition) is 4. The molecule has 29 heavy (non-hydrogen) atoms. The summed E-state index contributed by atoms with van der Waals surface area (Å²) in [5.41, 5.74) is 0.800. The fourth-order valence-corrected chi connectivity index (χ4v) is 4.18. The number of aryl methyl sites for hydroxylation is 1. The summed E-state index contributed by atoms with van der Waals surface area (Å²) in [6, 6.07) is 0. The van der Waals surface area contributed by atoms with Crippen LogP contribution < -0.4 is 0 Å². The van der Waals surface area contributed by atoms with Gasteiger partial charge in [0.2, 0.25) is 0 Å². The van der Waals surface area contributed by atoms with Crippen LogP contribution in [0.15, 0.2) is 12.4 Å². The molecule has 1 amide bonds. The van der Waals surface area contributed by atoms with Crippen molar-refractivity contribution in [3.05, 3.63) is 18.0 Å². The van der Waals surface area contributed by atoms with Gasteiger partial charge in [-0.05, 0) is 32.2 Å². The van der Waals surface area contributed by atoms with Crippen LogP contribution in [0.3, 0.4) is 0 Å². The standard InChI is InChI=1S/C17H22F6N4O2/c1-25-10-12(9-24-25)11-27-6-2-3-15(27)4-7-26(8-5-15)14(28)29-13(16(18,19)20)17(21,22)23/h9-10,13H,2-8,11H2,1H3. The van der Waals surface area contributed by atoms with E-state index in [9.17, 15) is 31.1 Å². The minimum atomic E-state index is -5.71. The smallest absolute Gasteiger partial charge is 0.426 e. The second kappa shape index (κ2) is 7.69. The van der Waals surface area contributed by atoms with Gasteiger partial charge in [-0.15, -0.1) is 0 Å². The quantitative estimate of drug-likeness (QED) is 0.692. The summed E-state index contributed by atoms with van der Waals surface area (Å²) in [4.78, 5) is 15.2. The lowest BCUT2D eigenvalue weighted by molar-refractivity contribution is -0.308. The topological polar surface area (TPSA) is 50.6 Å². The van der Waals surface area contributed by atoms with Crippen molar-refractivity contribution in [2.45, 2.75) is 56.2 Å². The Morgan fingerprint density at radius 2 is 1.76 bits per heavy atom. The van der Waals surface area contributed by atoms with E-state index in [1.807, 2.05) is 13.2 Å². The van der Waals surface area contributed by atoms with Gasteiger partial charge >= 0.3 is 18.4 Å². The molecule has 0 aromatic carbocycles. The summed E-state index contributed by atoms with van der Waals surface area (Å²) in [7, 11) is 1.81. The third-order valence-electron chi connectivity index (χ3n) is 5.64. The maximum absolute atomic E-state index is 12.6. The molecule has 0 atom stereocenters. The molecule has 0 saturated carbocycles. The lowest BCUT2D eigenvalue weighted by Gasteiger charge is -2.45. The molecule has 12 heteroatoms. The van der Waals surface area contributed by atoms with Gasteiger partial charge in [0.15, 0.2) is 0 Å². The van der Waals surface area contributed by atoms with E-state index in [0.29, 0.717) is 19.4 Å². The maximum atomic E-state index is 12.6. The molecule has 2 saturated heterocycles. The Bertz CT molecular complexity index is 710. The van der Waals surface area contributed by atoms with E-state index in [1.165, 1.54) is 0 Å². The van der Waals surface area contributed by atoms with Crippen LogP contribution in [0.5, 0.6) is 0 Å². The number of aromatic nitrogens is 2. The van der Waals surface area contributed by atoms with Gasteiger partial charge in [0.25, 0.3) is 6.10 Å². The Balaban J connectivity index is 1.61. The molecule has 0 bridgehead atoms. The predicted octanol–water partition coefficient (Wildman–Crippen LogP) is 3.48. The van der Waals surface area contributed by atoms with Crippen LogP contribution in [0.2, 0.25) is 0 Å². The number of nitrogens with zero attached hydrogens (tertiary/aromatic N) is 4. The van der Waals surface area contributed by atoms with Crippen LogP contribution in [0, 0.1) is 0 Å². The van der Waals surface area contributed by atoms with Gasteiger partial charge in [-0.3, -0.25) is 9.58 Å². The number of amides is 1. The highest BCUT2D eigenvalue weighted by Gasteiger charge is 2.60. The maximum Gasteiger partial charge on any atom is 0.434 e. The molecule has 2 aliphatic heterocycles. The van der Waals surface area contributed by atoms with Crippen molar-refractivity contribution in [2.75, 3.05) is 19.6 Å². The number of halogens is 6. The third kappa shape index (κ3) is 4.78. The van der Waals surface area contributed by atoms with Crippen molar-refractivity contribution in [1.82, 2.24) is 19.6 Å². The summed E-state index contributed by atoms with van der Waals surface area (Å²) in [6.45, 7) is 1.59. The zero-order valence-corrected chi connectivity index (χ0v) is 15.8. The van der Waals surface area contributed by atoms with E-state index in [1.54, 1.807) is 10.9 Å². The average Bonchev–Trinajstić information content (AvgIpc) is 3.18. The minimum absolute atomic E-state index is 0.0464. The molecule has 2 aliphatic rings. The number of hydrogen-bond donors (Lipinski definition) is 0. The van der Waals surface area contributed by atoms with Crippen LogP contribution in [0.4, 0.5) is 31.1 Å². The van der Waals surface area contributed by atoms with Gasteiger partial charge in [0.1, 0.15) is 0 Å². The normalized spacial score (nSPS) is 20.6. The minimum Gasteiger partial charge on any atom is -0.426 e. The van der Waals surface area contributed by atoms with Crippen molar-refractivity contribution < 1.29 is 35.9 Å². The second-order valence-electron chi connectivity index (χ2n) is 7.61. The number of piperidine rings is 1. The first-order chi connectivity index (χ1) is 13.4. The van der Waals surface area contributed by atoms with Crippen LogP contribution in [0.25, 0.3) is 0 Å². The molecule has 3 rings (SSSR count). The van der Waals surface area contributed by atoms with Crippen LogP contribution >= 0.6 is 0 Å². The molecule has 1 aromatic rings. The third-order valence-corrected chi connectivity index (χ3v) is 5.64. The molecule has 164 valence electrons. The molecule has 0 unspecified atom stereocenters. The summed E-state index contributed by atoms with van der Waals surface area (Å²) in [6.07, 6.45) is -10.7. The molecule has 1 spiro atoms. The first-order valence-corrected chi connectivity index (χ1v) is 9.22. The average molecular weight is 428 g/mol. The number of alkyl halides is 6. The molecule has 3 heterocycles. The van der Waals surface area contributed by atoms with Crippen molar-refractivity contribution in [3.8, 4) is 0 Å². The van der Waals surface area contributed by atoms with Gasteiger partial charge in [0, 0.05) is 44.0 Å². The molecule has 0 radical (unpaired) electrons.